The highest BCUT2D eigenvalue weighted by Crippen LogP contribution is 2.26. The normalized spacial score (nSPS) is 18.7. The molecule has 0 spiro atoms. The summed E-state index contributed by atoms with van der Waals surface area (Å²) in [6.07, 6.45) is 5.82. The second-order valence-electron chi connectivity index (χ2n) is 6.55. The molecule has 0 aromatic rings. The highest BCUT2D eigenvalue weighted by Gasteiger charge is 2.37. The number of hydrogen-bond donors (Lipinski definition) is 2. The van der Waals surface area contributed by atoms with Crippen LogP contribution in [0.25, 0.3) is 0 Å². The summed E-state index contributed by atoms with van der Waals surface area (Å²) in [6, 6.07) is 0. The van der Waals surface area contributed by atoms with E-state index in [1.165, 1.54) is 6.92 Å². The van der Waals surface area contributed by atoms with E-state index in [9.17, 15) is 14.7 Å². The number of carboxylic acids is 1. The Hall–Kier alpha value is -1.52. The van der Waals surface area contributed by atoms with Crippen LogP contribution in [-0.4, -0.2) is 28.3 Å². The van der Waals surface area contributed by atoms with Crippen molar-refractivity contribution in [1.82, 2.24) is 5.32 Å². The van der Waals surface area contributed by atoms with Crippen LogP contribution in [0.2, 0.25) is 0 Å². The van der Waals surface area contributed by atoms with E-state index >= 15 is 0 Å². The van der Waals surface area contributed by atoms with Crippen LogP contribution in [0.3, 0.4) is 0 Å². The first-order valence-electron chi connectivity index (χ1n) is 7.05. The van der Waals surface area contributed by atoms with Gasteiger partial charge in [-0.15, -0.1) is 0 Å². The number of carbonyl (C=O) groups is 2. The molecular formula is C15H25NO4. The molecule has 0 saturated carbocycles. The van der Waals surface area contributed by atoms with Crippen LogP contribution >= 0.6 is 0 Å². The minimum Gasteiger partial charge on any atom is -0.480 e. The second-order valence-corrected chi connectivity index (χ2v) is 6.55. The van der Waals surface area contributed by atoms with Gasteiger partial charge in [-0.3, -0.25) is 0 Å². The molecule has 1 aliphatic rings. The van der Waals surface area contributed by atoms with Crippen LogP contribution in [0, 0.1) is 0 Å². The molecule has 5 heteroatoms. The lowest BCUT2D eigenvalue weighted by molar-refractivity contribution is -0.144. The Morgan fingerprint density at radius 2 is 1.95 bits per heavy atom. The topological polar surface area (TPSA) is 75.6 Å². The van der Waals surface area contributed by atoms with Crippen molar-refractivity contribution in [3.63, 3.8) is 0 Å². The molecular weight excluding hydrogens is 258 g/mol. The van der Waals surface area contributed by atoms with E-state index in [0.29, 0.717) is 6.42 Å². The molecule has 5 nitrogen and oxygen atoms in total. The van der Waals surface area contributed by atoms with Crippen LogP contribution in [-0.2, 0) is 9.53 Å². The summed E-state index contributed by atoms with van der Waals surface area (Å²) in [5.41, 5.74) is -0.878. The largest absolute Gasteiger partial charge is 0.480 e. The number of aliphatic carboxylic acids is 1. The van der Waals surface area contributed by atoms with Crippen molar-refractivity contribution >= 4 is 12.1 Å². The minimum atomic E-state index is -1.33. The summed E-state index contributed by atoms with van der Waals surface area (Å²) in [5.74, 6) is -1.05. The van der Waals surface area contributed by atoms with E-state index in [1.54, 1.807) is 20.8 Å². The van der Waals surface area contributed by atoms with Gasteiger partial charge in [-0.25, -0.2) is 9.59 Å². The van der Waals surface area contributed by atoms with Crippen LogP contribution in [0.4, 0.5) is 4.79 Å². The van der Waals surface area contributed by atoms with Crippen molar-refractivity contribution in [1.29, 1.82) is 0 Å². The van der Waals surface area contributed by atoms with Crippen molar-refractivity contribution in [2.24, 2.45) is 0 Å². The summed E-state index contributed by atoms with van der Waals surface area (Å²) >= 11 is 0. The van der Waals surface area contributed by atoms with Gasteiger partial charge in [0.1, 0.15) is 11.1 Å². The summed E-state index contributed by atoms with van der Waals surface area (Å²) in [4.78, 5) is 23.3. The number of rotatable bonds is 4. The quantitative estimate of drug-likeness (QED) is 0.777. The van der Waals surface area contributed by atoms with Gasteiger partial charge in [-0.2, -0.15) is 0 Å². The number of hydrogen-bond acceptors (Lipinski definition) is 3. The Kier molecular flexibility index (Phi) is 5.20. The maximum atomic E-state index is 11.8. The molecule has 1 aliphatic carbocycles. The zero-order chi connectivity index (χ0) is 15.4. The maximum absolute atomic E-state index is 11.8. The van der Waals surface area contributed by atoms with Crippen LogP contribution in [0.1, 0.15) is 59.8 Å². The van der Waals surface area contributed by atoms with Crippen molar-refractivity contribution in [3.8, 4) is 0 Å². The molecule has 1 rings (SSSR count). The van der Waals surface area contributed by atoms with E-state index in [4.69, 9.17) is 4.74 Å². The fourth-order valence-corrected chi connectivity index (χ4v) is 2.22. The van der Waals surface area contributed by atoms with Crippen LogP contribution in [0.5, 0.6) is 0 Å². The fourth-order valence-electron chi connectivity index (χ4n) is 2.22. The average molecular weight is 283 g/mol. The van der Waals surface area contributed by atoms with Crippen molar-refractivity contribution in [2.45, 2.75) is 70.9 Å². The van der Waals surface area contributed by atoms with E-state index < -0.39 is 23.2 Å². The molecule has 114 valence electrons. The monoisotopic (exact) mass is 283 g/mol. The molecule has 2 N–H and O–H groups in total. The molecule has 0 aromatic carbocycles. The number of allylic oxidation sites excluding steroid dienone is 1. The van der Waals surface area contributed by atoms with Gasteiger partial charge in [0.15, 0.2) is 0 Å². The number of alkyl carbamates (subject to hydrolysis) is 1. The van der Waals surface area contributed by atoms with E-state index in [-0.39, 0.29) is 0 Å². The number of carbonyl (C=O) groups excluding carboxylic acids is 1. The number of amides is 1. The molecule has 0 aromatic heterocycles. The van der Waals surface area contributed by atoms with E-state index in [2.05, 4.69) is 11.4 Å². The van der Waals surface area contributed by atoms with Crippen molar-refractivity contribution in [3.05, 3.63) is 11.6 Å². The molecule has 0 radical (unpaired) electrons. The lowest BCUT2D eigenvalue weighted by Gasteiger charge is -2.30. The SMILES string of the molecule is CC(C)(C)OC(=O)NC(C)(CC1=CCCCC1)C(=O)O. The Bertz CT molecular complexity index is 409. The summed E-state index contributed by atoms with van der Waals surface area (Å²) in [7, 11) is 0. The Labute approximate surface area is 120 Å². The molecule has 0 fully saturated rings. The first-order chi connectivity index (χ1) is 9.12. The standard InChI is InChI=1S/C15H25NO4/c1-14(2,3)20-13(19)16-15(4,12(17)18)10-11-8-6-5-7-9-11/h8H,5-7,9-10H2,1-4H3,(H,16,19)(H,17,18). The van der Waals surface area contributed by atoms with Gasteiger partial charge < -0.3 is 15.2 Å². The third-order valence-corrected chi connectivity index (χ3v) is 3.21. The average Bonchev–Trinajstić information content (AvgIpc) is 2.26. The van der Waals surface area contributed by atoms with Crippen molar-refractivity contribution < 1.29 is 19.4 Å². The fraction of sp³-hybridized carbons (Fsp3) is 0.733. The van der Waals surface area contributed by atoms with Gasteiger partial charge in [0, 0.05) is 6.42 Å². The van der Waals surface area contributed by atoms with Gasteiger partial charge in [0.2, 0.25) is 0 Å². The van der Waals surface area contributed by atoms with Crippen LogP contribution < -0.4 is 5.32 Å². The lowest BCUT2D eigenvalue weighted by Crippen LogP contribution is -2.53. The first-order valence-corrected chi connectivity index (χ1v) is 7.05. The van der Waals surface area contributed by atoms with E-state index in [1.807, 2.05) is 0 Å². The Morgan fingerprint density at radius 3 is 2.40 bits per heavy atom. The Balaban J connectivity index is 2.73. The number of ether oxygens (including phenoxy) is 1. The molecule has 1 atom stereocenters. The molecule has 20 heavy (non-hydrogen) atoms. The van der Waals surface area contributed by atoms with Gasteiger partial charge in [0.05, 0.1) is 0 Å². The first kappa shape index (κ1) is 16.5. The van der Waals surface area contributed by atoms with Crippen molar-refractivity contribution in [2.75, 3.05) is 0 Å². The predicted molar refractivity (Wildman–Crippen MR) is 76.6 cm³/mol. The minimum absolute atomic E-state index is 0.321. The molecule has 1 amide bonds. The van der Waals surface area contributed by atoms with E-state index in [0.717, 1.165) is 31.3 Å². The zero-order valence-corrected chi connectivity index (χ0v) is 12.8. The predicted octanol–water partition coefficient (Wildman–Crippen LogP) is 3.24. The highest BCUT2D eigenvalue weighted by atomic mass is 16.6. The smallest absolute Gasteiger partial charge is 0.408 e. The molecule has 0 saturated heterocycles. The second kappa shape index (κ2) is 6.29. The maximum Gasteiger partial charge on any atom is 0.408 e. The highest BCUT2D eigenvalue weighted by molar-refractivity contribution is 5.84. The molecule has 1 unspecified atom stereocenters. The lowest BCUT2D eigenvalue weighted by atomic mass is 9.87. The van der Waals surface area contributed by atoms with Crippen LogP contribution in [0.15, 0.2) is 11.6 Å². The third-order valence-electron chi connectivity index (χ3n) is 3.21. The molecule has 0 bridgehead atoms. The zero-order valence-electron chi connectivity index (χ0n) is 12.8. The summed E-state index contributed by atoms with van der Waals surface area (Å²) in [5, 5.41) is 11.9. The van der Waals surface area contributed by atoms with Gasteiger partial charge in [-0.1, -0.05) is 11.6 Å². The summed E-state index contributed by atoms with van der Waals surface area (Å²) in [6.45, 7) is 6.76. The number of nitrogens with one attached hydrogen (secondary N) is 1. The van der Waals surface area contributed by atoms with Gasteiger partial charge in [0.25, 0.3) is 0 Å². The number of carboxylic acid groups (broad SMARTS) is 1. The third kappa shape index (κ3) is 5.23. The summed E-state index contributed by atoms with van der Waals surface area (Å²) < 4.78 is 5.14. The molecule has 0 aliphatic heterocycles. The van der Waals surface area contributed by atoms with Gasteiger partial charge in [-0.05, 0) is 53.4 Å². The molecule has 0 heterocycles. The Morgan fingerprint density at radius 1 is 1.30 bits per heavy atom. The van der Waals surface area contributed by atoms with Gasteiger partial charge >= 0.3 is 12.1 Å².